The number of aryl methyl sites for hydroxylation is 1. The summed E-state index contributed by atoms with van der Waals surface area (Å²) in [6, 6.07) is 5.92. The van der Waals surface area contributed by atoms with Crippen LogP contribution in [0.3, 0.4) is 0 Å². The monoisotopic (exact) mass is 330 g/mol. The Hall–Kier alpha value is -2.59. The van der Waals surface area contributed by atoms with Gasteiger partial charge in [-0.25, -0.2) is 9.38 Å². The average molecular weight is 330 g/mol. The maximum atomic E-state index is 13.2. The van der Waals surface area contributed by atoms with E-state index < -0.39 is 0 Å². The minimum Gasteiger partial charge on any atom is -0.390 e. The summed E-state index contributed by atoms with van der Waals surface area (Å²) in [5.74, 6) is 2.59. The molecule has 0 fully saturated rings. The number of hydrogen-bond donors (Lipinski definition) is 1. The van der Waals surface area contributed by atoms with Gasteiger partial charge in [-0.05, 0) is 35.9 Å². The van der Waals surface area contributed by atoms with Gasteiger partial charge in [0.05, 0.1) is 23.3 Å². The van der Waals surface area contributed by atoms with E-state index in [9.17, 15) is 9.18 Å². The van der Waals surface area contributed by atoms with Gasteiger partial charge in [0.25, 0.3) is 0 Å². The Balaban J connectivity index is 2.60. The standard InChI is InChI=1S/C16H15FN4OS/c1-3-9-23-16(22)21-15(19-10-18)14(13(4-2)20-21)11-5-7-12(17)8-6-11/h1,5-8,10H,4,9H2,2H3,(H2,18,19). The molecule has 0 spiro atoms. The van der Waals surface area contributed by atoms with Crippen molar-refractivity contribution in [2.24, 2.45) is 10.7 Å². The van der Waals surface area contributed by atoms with E-state index in [2.05, 4.69) is 16.0 Å². The molecule has 0 amide bonds. The number of carbonyl (C=O) groups is 1. The van der Waals surface area contributed by atoms with Crippen molar-refractivity contribution in [3.63, 3.8) is 0 Å². The average Bonchev–Trinajstić information content (AvgIpc) is 2.92. The fourth-order valence-electron chi connectivity index (χ4n) is 2.09. The molecule has 5 nitrogen and oxygen atoms in total. The van der Waals surface area contributed by atoms with Crippen LogP contribution in [0.1, 0.15) is 12.6 Å². The molecule has 0 radical (unpaired) electrons. The van der Waals surface area contributed by atoms with Crippen molar-refractivity contribution >= 4 is 29.2 Å². The van der Waals surface area contributed by atoms with E-state index in [0.29, 0.717) is 29.1 Å². The van der Waals surface area contributed by atoms with Crippen molar-refractivity contribution in [3.05, 3.63) is 35.8 Å². The Morgan fingerprint density at radius 2 is 2.22 bits per heavy atom. The van der Waals surface area contributed by atoms with Crippen LogP contribution in [0, 0.1) is 18.2 Å². The predicted octanol–water partition coefficient (Wildman–Crippen LogP) is 3.20. The number of aromatic nitrogens is 2. The summed E-state index contributed by atoms with van der Waals surface area (Å²) in [5, 5.41) is 3.97. The largest absolute Gasteiger partial charge is 0.390 e. The molecule has 1 aromatic heterocycles. The second kappa shape index (κ2) is 7.61. The lowest BCUT2D eigenvalue weighted by molar-refractivity contribution is 0.260. The third-order valence-corrected chi connectivity index (χ3v) is 3.78. The number of halogens is 1. The van der Waals surface area contributed by atoms with Crippen LogP contribution in [0.25, 0.3) is 11.1 Å². The van der Waals surface area contributed by atoms with Crippen molar-refractivity contribution in [1.82, 2.24) is 9.78 Å². The smallest absolute Gasteiger partial charge is 0.308 e. The van der Waals surface area contributed by atoms with Crippen molar-refractivity contribution in [2.45, 2.75) is 13.3 Å². The van der Waals surface area contributed by atoms with Gasteiger partial charge in [0, 0.05) is 0 Å². The molecule has 0 unspecified atom stereocenters. The molecule has 0 saturated carbocycles. The molecule has 2 aromatic rings. The Bertz CT molecular complexity index is 775. The number of nitrogens with zero attached hydrogens (tertiary/aromatic N) is 3. The van der Waals surface area contributed by atoms with E-state index in [1.165, 1.54) is 16.8 Å². The molecule has 0 aliphatic rings. The van der Waals surface area contributed by atoms with Gasteiger partial charge in [-0.3, -0.25) is 4.79 Å². The minimum atomic E-state index is -0.344. The summed E-state index contributed by atoms with van der Waals surface area (Å²) < 4.78 is 14.3. The third kappa shape index (κ3) is 3.60. The van der Waals surface area contributed by atoms with E-state index >= 15 is 0 Å². The van der Waals surface area contributed by atoms with E-state index in [4.69, 9.17) is 12.2 Å². The highest BCUT2D eigenvalue weighted by Gasteiger charge is 2.22. The quantitative estimate of drug-likeness (QED) is 0.531. The highest BCUT2D eigenvalue weighted by Crippen LogP contribution is 2.35. The first-order valence-electron chi connectivity index (χ1n) is 6.85. The first-order chi connectivity index (χ1) is 11.1. The summed E-state index contributed by atoms with van der Waals surface area (Å²) in [4.78, 5) is 16.3. The molecule has 0 aliphatic carbocycles. The van der Waals surface area contributed by atoms with Crippen LogP contribution in [0.4, 0.5) is 15.0 Å². The van der Waals surface area contributed by atoms with E-state index in [-0.39, 0.29) is 16.8 Å². The van der Waals surface area contributed by atoms with Crippen molar-refractivity contribution < 1.29 is 9.18 Å². The first-order valence-corrected chi connectivity index (χ1v) is 7.83. The first kappa shape index (κ1) is 16.8. The lowest BCUT2D eigenvalue weighted by Crippen LogP contribution is -2.08. The number of hydrogen-bond acceptors (Lipinski definition) is 4. The number of nitrogens with two attached hydrogens (primary N) is 1. The molecule has 7 heteroatoms. The summed E-state index contributed by atoms with van der Waals surface area (Å²) in [6.07, 6.45) is 6.86. The zero-order chi connectivity index (χ0) is 16.8. The maximum Gasteiger partial charge on any atom is 0.308 e. The lowest BCUT2D eigenvalue weighted by atomic mass is 10.0. The minimum absolute atomic E-state index is 0.234. The summed E-state index contributed by atoms with van der Waals surface area (Å²) >= 11 is 0.950. The Morgan fingerprint density at radius 3 is 2.78 bits per heavy atom. The number of carbonyl (C=O) groups excluding carboxylic acids is 1. The van der Waals surface area contributed by atoms with Gasteiger partial charge in [0.15, 0.2) is 5.82 Å². The maximum absolute atomic E-state index is 13.2. The number of benzene rings is 1. The van der Waals surface area contributed by atoms with Crippen LogP contribution in [-0.4, -0.2) is 27.1 Å². The summed E-state index contributed by atoms with van der Waals surface area (Å²) in [5.41, 5.74) is 7.45. The normalized spacial score (nSPS) is 10.8. The van der Waals surface area contributed by atoms with Gasteiger partial charge in [-0.1, -0.05) is 25.0 Å². The molecule has 1 aromatic carbocycles. The van der Waals surface area contributed by atoms with Gasteiger partial charge >= 0.3 is 5.24 Å². The number of thioether (sulfide) groups is 1. The van der Waals surface area contributed by atoms with E-state index in [1.807, 2.05) is 6.92 Å². The third-order valence-electron chi connectivity index (χ3n) is 3.05. The van der Waals surface area contributed by atoms with Crippen molar-refractivity contribution in [1.29, 1.82) is 0 Å². The van der Waals surface area contributed by atoms with E-state index in [1.54, 1.807) is 12.1 Å². The van der Waals surface area contributed by atoms with Gasteiger partial charge in [-0.2, -0.15) is 9.78 Å². The van der Waals surface area contributed by atoms with Crippen LogP contribution < -0.4 is 5.73 Å². The zero-order valence-corrected chi connectivity index (χ0v) is 13.3. The molecular formula is C16H15FN4OS. The van der Waals surface area contributed by atoms with Gasteiger partial charge in [-0.15, -0.1) is 6.42 Å². The van der Waals surface area contributed by atoms with Gasteiger partial charge in [0.1, 0.15) is 5.82 Å². The predicted molar refractivity (Wildman–Crippen MR) is 91.4 cm³/mol. The molecule has 0 saturated heterocycles. The SMILES string of the molecule is C#CCSC(=O)n1nc(CC)c(-c2ccc(F)cc2)c1/N=C\N. The second-order valence-corrected chi connectivity index (χ2v) is 5.38. The van der Waals surface area contributed by atoms with Gasteiger partial charge in [0.2, 0.25) is 0 Å². The fraction of sp³-hybridized carbons (Fsp3) is 0.188. The molecule has 1 heterocycles. The molecule has 23 heavy (non-hydrogen) atoms. The van der Waals surface area contributed by atoms with Crippen molar-refractivity contribution in [3.8, 4) is 23.5 Å². The number of terminal acetylenes is 1. The van der Waals surface area contributed by atoms with Crippen LogP contribution in [0.5, 0.6) is 0 Å². The Morgan fingerprint density at radius 1 is 1.52 bits per heavy atom. The van der Waals surface area contributed by atoms with Crippen LogP contribution in [-0.2, 0) is 6.42 Å². The Labute approximate surface area is 137 Å². The van der Waals surface area contributed by atoms with Crippen molar-refractivity contribution in [2.75, 3.05) is 5.75 Å². The number of rotatable bonds is 4. The molecule has 0 bridgehead atoms. The topological polar surface area (TPSA) is 73.3 Å². The molecule has 0 aliphatic heterocycles. The fourth-order valence-corrected chi connectivity index (χ4v) is 2.55. The van der Waals surface area contributed by atoms with Gasteiger partial charge < -0.3 is 5.73 Å². The highest BCUT2D eigenvalue weighted by molar-refractivity contribution is 8.13. The van der Waals surface area contributed by atoms with E-state index in [0.717, 1.165) is 18.1 Å². The molecule has 2 rings (SSSR count). The van der Waals surface area contributed by atoms with Crippen LogP contribution in [0.2, 0.25) is 0 Å². The second-order valence-electron chi connectivity index (χ2n) is 4.45. The lowest BCUT2D eigenvalue weighted by Gasteiger charge is -2.04. The Kier molecular flexibility index (Phi) is 5.55. The summed E-state index contributed by atoms with van der Waals surface area (Å²) in [7, 11) is 0. The highest BCUT2D eigenvalue weighted by atomic mass is 32.2. The summed E-state index contributed by atoms with van der Waals surface area (Å²) in [6.45, 7) is 1.91. The van der Waals surface area contributed by atoms with Crippen LogP contribution >= 0.6 is 11.8 Å². The molecule has 2 N–H and O–H groups in total. The molecule has 0 atom stereocenters. The zero-order valence-electron chi connectivity index (χ0n) is 12.5. The molecule has 118 valence electrons. The van der Waals surface area contributed by atoms with Crippen LogP contribution in [0.15, 0.2) is 29.3 Å². The molecular weight excluding hydrogens is 315 g/mol. The number of aliphatic imine (C=N–C) groups is 1.